The molecular weight excluding hydrogens is 294 g/mol. The molecule has 120 valence electrons. The fourth-order valence-electron chi connectivity index (χ4n) is 2.13. The SMILES string of the molecule is C[C@H](NC(=O)c1ccc2nc[nH]c2c1)c1nc(C(C)(C)C)no1. The lowest BCUT2D eigenvalue weighted by Crippen LogP contribution is -2.27. The van der Waals surface area contributed by atoms with Crippen LogP contribution in [0.3, 0.4) is 0 Å². The van der Waals surface area contributed by atoms with Crippen molar-refractivity contribution < 1.29 is 9.32 Å². The molecule has 7 nitrogen and oxygen atoms in total. The van der Waals surface area contributed by atoms with E-state index in [9.17, 15) is 4.79 Å². The monoisotopic (exact) mass is 313 g/mol. The first-order valence-electron chi connectivity index (χ1n) is 7.42. The molecular formula is C16H19N5O2. The number of aromatic amines is 1. The van der Waals surface area contributed by atoms with Crippen LogP contribution in [-0.4, -0.2) is 26.0 Å². The van der Waals surface area contributed by atoms with Crippen LogP contribution < -0.4 is 5.32 Å². The highest BCUT2D eigenvalue weighted by Crippen LogP contribution is 2.21. The molecule has 3 rings (SSSR count). The molecule has 0 bridgehead atoms. The van der Waals surface area contributed by atoms with Gasteiger partial charge in [0.1, 0.15) is 6.04 Å². The van der Waals surface area contributed by atoms with E-state index in [1.807, 2.05) is 27.7 Å². The van der Waals surface area contributed by atoms with E-state index in [1.165, 1.54) is 0 Å². The zero-order valence-corrected chi connectivity index (χ0v) is 13.5. The quantitative estimate of drug-likeness (QED) is 0.775. The van der Waals surface area contributed by atoms with Gasteiger partial charge >= 0.3 is 0 Å². The Kier molecular flexibility index (Phi) is 3.63. The molecule has 7 heteroatoms. The van der Waals surface area contributed by atoms with Crippen molar-refractivity contribution in [2.24, 2.45) is 0 Å². The van der Waals surface area contributed by atoms with Gasteiger partial charge in [-0.2, -0.15) is 4.98 Å². The Hall–Kier alpha value is -2.70. The van der Waals surface area contributed by atoms with Crippen LogP contribution in [0, 0.1) is 0 Å². The third-order valence-electron chi connectivity index (χ3n) is 3.51. The summed E-state index contributed by atoms with van der Waals surface area (Å²) in [5, 5.41) is 6.84. The predicted octanol–water partition coefficient (Wildman–Crippen LogP) is 2.73. The standard InChI is InChI=1S/C16H19N5O2/c1-9(14-20-15(21-23-14)16(2,3)4)19-13(22)10-5-6-11-12(7-10)18-8-17-11/h5-9H,1-4H3,(H,17,18)(H,19,22)/t9-/m0/s1. The highest BCUT2D eigenvalue weighted by molar-refractivity contribution is 5.97. The molecule has 0 spiro atoms. The maximum atomic E-state index is 12.4. The summed E-state index contributed by atoms with van der Waals surface area (Å²) in [6, 6.07) is 4.93. The van der Waals surface area contributed by atoms with E-state index in [4.69, 9.17) is 4.52 Å². The largest absolute Gasteiger partial charge is 0.345 e. The van der Waals surface area contributed by atoms with Gasteiger partial charge < -0.3 is 14.8 Å². The third kappa shape index (κ3) is 3.08. The van der Waals surface area contributed by atoms with Gasteiger partial charge in [0.15, 0.2) is 5.82 Å². The van der Waals surface area contributed by atoms with Crippen LogP contribution in [0.4, 0.5) is 0 Å². The smallest absolute Gasteiger partial charge is 0.251 e. The van der Waals surface area contributed by atoms with Gasteiger partial charge in [-0.3, -0.25) is 4.79 Å². The number of rotatable bonds is 3. The Balaban J connectivity index is 1.75. The molecule has 0 saturated carbocycles. The molecule has 3 aromatic rings. The van der Waals surface area contributed by atoms with Crippen molar-refractivity contribution in [1.29, 1.82) is 0 Å². The van der Waals surface area contributed by atoms with Crippen LogP contribution in [0.15, 0.2) is 29.0 Å². The average molecular weight is 313 g/mol. The van der Waals surface area contributed by atoms with Crippen molar-refractivity contribution in [3.8, 4) is 0 Å². The molecule has 0 aliphatic heterocycles. The zero-order chi connectivity index (χ0) is 16.6. The maximum absolute atomic E-state index is 12.4. The second-order valence-corrected chi connectivity index (χ2v) is 6.54. The second-order valence-electron chi connectivity index (χ2n) is 6.54. The number of aromatic nitrogens is 4. The minimum Gasteiger partial charge on any atom is -0.345 e. The predicted molar refractivity (Wildman–Crippen MR) is 85.0 cm³/mol. The van der Waals surface area contributed by atoms with Crippen molar-refractivity contribution in [2.75, 3.05) is 0 Å². The van der Waals surface area contributed by atoms with Gasteiger partial charge in [0.2, 0.25) is 5.89 Å². The van der Waals surface area contributed by atoms with E-state index in [0.717, 1.165) is 11.0 Å². The number of carbonyl (C=O) groups excluding carboxylic acids is 1. The van der Waals surface area contributed by atoms with E-state index in [0.29, 0.717) is 17.3 Å². The number of imidazole rings is 1. The van der Waals surface area contributed by atoms with E-state index >= 15 is 0 Å². The maximum Gasteiger partial charge on any atom is 0.251 e. The van der Waals surface area contributed by atoms with Crippen molar-refractivity contribution >= 4 is 16.9 Å². The van der Waals surface area contributed by atoms with E-state index < -0.39 is 0 Å². The minimum absolute atomic E-state index is 0.197. The Bertz CT molecular complexity index is 843. The molecule has 1 amide bonds. The van der Waals surface area contributed by atoms with Gasteiger partial charge in [0, 0.05) is 11.0 Å². The van der Waals surface area contributed by atoms with Crippen molar-refractivity contribution in [1.82, 2.24) is 25.4 Å². The van der Waals surface area contributed by atoms with E-state index in [1.54, 1.807) is 24.5 Å². The lowest BCUT2D eigenvalue weighted by molar-refractivity contribution is 0.0932. The summed E-state index contributed by atoms with van der Waals surface area (Å²) >= 11 is 0. The Morgan fingerprint density at radius 2 is 2.13 bits per heavy atom. The normalized spacial score (nSPS) is 13.2. The molecule has 2 heterocycles. The number of benzene rings is 1. The number of H-pyrrole nitrogens is 1. The summed E-state index contributed by atoms with van der Waals surface area (Å²) in [6.45, 7) is 7.83. The first-order valence-corrected chi connectivity index (χ1v) is 7.42. The summed E-state index contributed by atoms with van der Waals surface area (Å²) < 4.78 is 5.26. The highest BCUT2D eigenvalue weighted by atomic mass is 16.5. The second kappa shape index (κ2) is 5.49. The van der Waals surface area contributed by atoms with Crippen LogP contribution in [0.1, 0.15) is 55.8 Å². The summed E-state index contributed by atoms with van der Waals surface area (Å²) in [6.07, 6.45) is 1.60. The number of hydrogen-bond acceptors (Lipinski definition) is 5. The molecule has 0 aliphatic rings. The molecule has 23 heavy (non-hydrogen) atoms. The molecule has 1 aromatic carbocycles. The molecule has 2 aromatic heterocycles. The summed E-state index contributed by atoms with van der Waals surface area (Å²) in [4.78, 5) is 23.8. The van der Waals surface area contributed by atoms with Crippen LogP contribution in [-0.2, 0) is 5.41 Å². The number of fused-ring (bicyclic) bond motifs is 1. The number of hydrogen-bond donors (Lipinski definition) is 2. The van der Waals surface area contributed by atoms with Gasteiger partial charge in [-0.1, -0.05) is 25.9 Å². The van der Waals surface area contributed by atoms with Gasteiger partial charge in [-0.05, 0) is 25.1 Å². The molecule has 0 unspecified atom stereocenters. The molecule has 2 N–H and O–H groups in total. The molecule has 0 saturated heterocycles. The molecule has 1 atom stereocenters. The average Bonchev–Trinajstić information content (AvgIpc) is 3.14. The summed E-state index contributed by atoms with van der Waals surface area (Å²) in [7, 11) is 0. The van der Waals surface area contributed by atoms with Crippen molar-refractivity contribution in [3.05, 3.63) is 41.8 Å². The first kappa shape index (κ1) is 15.2. The number of carbonyl (C=O) groups is 1. The number of nitrogens with zero attached hydrogens (tertiary/aromatic N) is 3. The topological polar surface area (TPSA) is 96.7 Å². The van der Waals surface area contributed by atoms with Crippen LogP contribution >= 0.6 is 0 Å². The van der Waals surface area contributed by atoms with Gasteiger partial charge in [0.05, 0.1) is 17.4 Å². The lowest BCUT2D eigenvalue weighted by Gasteiger charge is -2.12. The minimum atomic E-state index is -0.372. The Morgan fingerprint density at radius 3 is 2.83 bits per heavy atom. The molecule has 0 radical (unpaired) electrons. The Labute approximate surface area is 133 Å². The molecule has 0 aliphatic carbocycles. The van der Waals surface area contributed by atoms with Crippen LogP contribution in [0.5, 0.6) is 0 Å². The highest BCUT2D eigenvalue weighted by Gasteiger charge is 2.24. The number of amides is 1. The summed E-state index contributed by atoms with van der Waals surface area (Å²) in [5.74, 6) is 0.808. The Morgan fingerprint density at radius 1 is 1.35 bits per heavy atom. The van der Waals surface area contributed by atoms with Crippen LogP contribution in [0.2, 0.25) is 0 Å². The third-order valence-corrected chi connectivity index (χ3v) is 3.51. The number of nitrogens with one attached hydrogen (secondary N) is 2. The fraction of sp³-hybridized carbons (Fsp3) is 0.375. The fourth-order valence-corrected chi connectivity index (χ4v) is 2.13. The molecule has 0 fully saturated rings. The first-order chi connectivity index (χ1) is 10.8. The van der Waals surface area contributed by atoms with E-state index in [2.05, 4.69) is 25.4 Å². The zero-order valence-electron chi connectivity index (χ0n) is 13.5. The van der Waals surface area contributed by atoms with Gasteiger partial charge in [0.25, 0.3) is 5.91 Å². The van der Waals surface area contributed by atoms with Crippen molar-refractivity contribution in [3.63, 3.8) is 0 Å². The summed E-state index contributed by atoms with van der Waals surface area (Å²) in [5.41, 5.74) is 1.99. The van der Waals surface area contributed by atoms with Crippen molar-refractivity contribution in [2.45, 2.75) is 39.2 Å². The van der Waals surface area contributed by atoms with E-state index in [-0.39, 0.29) is 17.4 Å². The lowest BCUT2D eigenvalue weighted by atomic mass is 9.96. The van der Waals surface area contributed by atoms with Gasteiger partial charge in [-0.15, -0.1) is 0 Å². The van der Waals surface area contributed by atoms with Crippen LogP contribution in [0.25, 0.3) is 11.0 Å². The van der Waals surface area contributed by atoms with Gasteiger partial charge in [-0.25, -0.2) is 4.98 Å².